The second-order valence-electron chi connectivity index (χ2n) is 2.36. The highest BCUT2D eigenvalue weighted by molar-refractivity contribution is 7.85. The summed E-state index contributed by atoms with van der Waals surface area (Å²) in [6, 6.07) is 0. The Morgan fingerprint density at radius 3 is 1.31 bits per heavy atom. The van der Waals surface area contributed by atoms with Gasteiger partial charge < -0.3 is 10.2 Å². The highest BCUT2D eigenvalue weighted by Crippen LogP contribution is 1.74. The van der Waals surface area contributed by atoms with Gasteiger partial charge in [0.05, 0.1) is 18.8 Å². The van der Waals surface area contributed by atoms with Crippen molar-refractivity contribution in [2.24, 2.45) is 0 Å². The summed E-state index contributed by atoms with van der Waals surface area (Å²) in [4.78, 5) is 0. The molecule has 0 atom stereocenters. The van der Waals surface area contributed by atoms with E-state index in [0.29, 0.717) is 18.9 Å². The van der Waals surface area contributed by atoms with Crippen molar-refractivity contribution in [3.63, 3.8) is 0 Å². The van der Waals surface area contributed by atoms with E-state index in [1.54, 1.807) is 0 Å². The van der Waals surface area contributed by atoms with Crippen LogP contribution in [0.15, 0.2) is 12.3 Å². The molecular formula is C6H16O8S2. The fourth-order valence-corrected chi connectivity index (χ4v) is 0.149. The van der Waals surface area contributed by atoms with Gasteiger partial charge in [-0.2, -0.15) is 16.8 Å². The molecule has 0 saturated carbocycles. The molecule has 0 saturated heterocycles. The van der Waals surface area contributed by atoms with Gasteiger partial charge in [0.2, 0.25) is 0 Å². The first-order valence-electron chi connectivity index (χ1n) is 3.66. The molecule has 0 fully saturated rings. The fourth-order valence-electron chi connectivity index (χ4n) is 0.149. The molecule has 0 heterocycles. The summed E-state index contributed by atoms with van der Waals surface area (Å²) in [5.74, 6) is 0. The number of hydrogen-bond donors (Lipinski definition) is 4. The highest BCUT2D eigenvalue weighted by atomic mass is 32.2. The molecule has 0 aromatic heterocycles. The minimum Gasteiger partial charge on any atom is -0.516 e. The molecule has 0 amide bonds. The van der Waals surface area contributed by atoms with Gasteiger partial charge in [-0.25, -0.2) is 0 Å². The lowest BCUT2D eigenvalue weighted by Gasteiger charge is -1.76. The van der Waals surface area contributed by atoms with Crippen LogP contribution in [0.25, 0.3) is 0 Å². The van der Waals surface area contributed by atoms with Crippen molar-refractivity contribution >= 4 is 20.2 Å². The van der Waals surface area contributed by atoms with E-state index in [-0.39, 0.29) is 6.61 Å². The van der Waals surface area contributed by atoms with Crippen LogP contribution in [0.3, 0.4) is 0 Å². The van der Waals surface area contributed by atoms with E-state index in [2.05, 4.69) is 0 Å². The van der Waals surface area contributed by atoms with E-state index in [0.717, 1.165) is 6.26 Å². The Labute approximate surface area is 94.7 Å². The van der Waals surface area contributed by atoms with Crippen molar-refractivity contribution < 1.29 is 36.2 Å². The van der Waals surface area contributed by atoms with Crippen molar-refractivity contribution in [3.05, 3.63) is 12.3 Å². The third-order valence-electron chi connectivity index (χ3n) is 0.401. The van der Waals surface area contributed by atoms with E-state index in [1.807, 2.05) is 0 Å². The van der Waals surface area contributed by atoms with Crippen LogP contribution in [0.1, 0.15) is 6.42 Å². The van der Waals surface area contributed by atoms with Crippen LogP contribution in [0, 0.1) is 0 Å². The number of hydrogen-bond acceptors (Lipinski definition) is 6. The van der Waals surface area contributed by atoms with E-state index in [4.69, 9.17) is 19.3 Å². The predicted molar refractivity (Wildman–Crippen MR) is 58.4 cm³/mol. The van der Waals surface area contributed by atoms with Crippen molar-refractivity contribution in [2.45, 2.75) is 6.42 Å². The lowest BCUT2D eigenvalue weighted by atomic mass is 10.5. The zero-order chi connectivity index (χ0) is 13.8. The first-order chi connectivity index (χ1) is 6.91. The van der Waals surface area contributed by atoms with Crippen LogP contribution < -0.4 is 0 Å². The molecule has 0 aliphatic rings. The smallest absolute Gasteiger partial charge is 0.261 e. The predicted octanol–water partition coefficient (Wildman–Crippen LogP) is -0.551. The summed E-state index contributed by atoms with van der Waals surface area (Å²) in [5.41, 5.74) is 0. The molecule has 0 aliphatic heterocycles. The number of aliphatic hydroxyl groups excluding tert-OH is 2. The second-order valence-corrected chi connectivity index (χ2v) is 5.30. The Kier molecular flexibility index (Phi) is 14.0. The summed E-state index contributed by atoms with van der Waals surface area (Å²) in [7, 11) is -7.33. The SMILES string of the molecule is CS(=O)(=O)O.CS(=O)(=O)O.OC=CCCO. The van der Waals surface area contributed by atoms with Crippen LogP contribution in [-0.4, -0.2) is 55.3 Å². The quantitative estimate of drug-likeness (QED) is 0.388. The van der Waals surface area contributed by atoms with Crippen LogP contribution in [0.2, 0.25) is 0 Å². The summed E-state index contributed by atoms with van der Waals surface area (Å²) < 4.78 is 51.7. The molecule has 0 rings (SSSR count). The Balaban J connectivity index is -0.000000160. The molecule has 0 spiro atoms. The average Bonchev–Trinajstić information content (AvgIpc) is 1.94. The van der Waals surface area contributed by atoms with Gasteiger partial charge in [-0.15, -0.1) is 0 Å². The zero-order valence-corrected chi connectivity index (χ0v) is 10.4. The standard InChI is InChI=1S/C4H8O2.2CH4O3S/c5-3-1-2-4-6;2*1-5(2,3)4/h1,3,5-6H,2,4H2;2*1H3,(H,2,3,4). The monoisotopic (exact) mass is 280 g/mol. The largest absolute Gasteiger partial charge is 0.516 e. The van der Waals surface area contributed by atoms with Gasteiger partial charge in [0, 0.05) is 6.61 Å². The van der Waals surface area contributed by atoms with Gasteiger partial charge in [-0.1, -0.05) is 0 Å². The normalized spacial score (nSPS) is 11.1. The molecular weight excluding hydrogens is 264 g/mol. The number of aliphatic hydroxyl groups is 2. The second kappa shape index (κ2) is 10.8. The first-order valence-corrected chi connectivity index (χ1v) is 7.36. The van der Waals surface area contributed by atoms with Crippen LogP contribution in [0.4, 0.5) is 0 Å². The van der Waals surface area contributed by atoms with Crippen LogP contribution in [0.5, 0.6) is 0 Å². The van der Waals surface area contributed by atoms with Crippen molar-refractivity contribution in [3.8, 4) is 0 Å². The third-order valence-corrected chi connectivity index (χ3v) is 0.401. The maximum absolute atomic E-state index is 9.19. The maximum Gasteiger partial charge on any atom is 0.261 e. The van der Waals surface area contributed by atoms with E-state index >= 15 is 0 Å². The van der Waals surface area contributed by atoms with Crippen molar-refractivity contribution in [1.82, 2.24) is 0 Å². The molecule has 0 radical (unpaired) electrons. The van der Waals surface area contributed by atoms with Gasteiger partial charge in [-0.05, 0) is 12.5 Å². The van der Waals surface area contributed by atoms with Gasteiger partial charge in [-0.3, -0.25) is 9.11 Å². The molecule has 0 aromatic carbocycles. The Bertz CT molecular complexity index is 306. The van der Waals surface area contributed by atoms with Gasteiger partial charge >= 0.3 is 0 Å². The van der Waals surface area contributed by atoms with E-state index < -0.39 is 20.2 Å². The molecule has 8 nitrogen and oxygen atoms in total. The average molecular weight is 280 g/mol. The van der Waals surface area contributed by atoms with Crippen molar-refractivity contribution in [1.29, 1.82) is 0 Å². The molecule has 4 N–H and O–H groups in total. The minimum absolute atomic E-state index is 0.108. The summed E-state index contributed by atoms with van der Waals surface area (Å²) in [6.07, 6.45) is 4.38. The fraction of sp³-hybridized carbons (Fsp3) is 0.667. The highest BCUT2D eigenvalue weighted by Gasteiger charge is 1.82. The van der Waals surface area contributed by atoms with Crippen LogP contribution in [-0.2, 0) is 20.2 Å². The van der Waals surface area contributed by atoms with Crippen molar-refractivity contribution in [2.75, 3.05) is 19.1 Å². The lowest BCUT2D eigenvalue weighted by molar-refractivity contribution is 0.301. The molecule has 0 aromatic rings. The molecule has 100 valence electrons. The number of rotatable bonds is 2. The molecule has 0 bridgehead atoms. The topological polar surface area (TPSA) is 149 Å². The summed E-state index contributed by atoms with van der Waals surface area (Å²) in [5, 5.41) is 15.9. The van der Waals surface area contributed by atoms with Crippen LogP contribution >= 0.6 is 0 Å². The van der Waals surface area contributed by atoms with E-state index in [9.17, 15) is 16.8 Å². The summed E-state index contributed by atoms with van der Waals surface area (Å²) in [6.45, 7) is 0.108. The summed E-state index contributed by atoms with van der Waals surface area (Å²) >= 11 is 0. The van der Waals surface area contributed by atoms with Gasteiger partial charge in [0.25, 0.3) is 20.2 Å². The molecule has 16 heavy (non-hydrogen) atoms. The molecule has 0 unspecified atom stereocenters. The van der Waals surface area contributed by atoms with E-state index in [1.165, 1.54) is 6.08 Å². The maximum atomic E-state index is 9.19. The third kappa shape index (κ3) is 376. The Hall–Kier alpha value is -0.680. The minimum atomic E-state index is -3.67. The molecule has 0 aliphatic carbocycles. The first kappa shape index (κ1) is 20.7. The Morgan fingerprint density at radius 1 is 1.00 bits per heavy atom. The van der Waals surface area contributed by atoms with Gasteiger partial charge in [0.1, 0.15) is 0 Å². The lowest BCUT2D eigenvalue weighted by Crippen LogP contribution is -1.88. The molecule has 10 heteroatoms. The zero-order valence-electron chi connectivity index (χ0n) is 8.81. The Morgan fingerprint density at radius 2 is 1.25 bits per heavy atom. The van der Waals surface area contributed by atoms with Gasteiger partial charge in [0.15, 0.2) is 0 Å².